The Morgan fingerprint density at radius 1 is 1.40 bits per heavy atom. The van der Waals surface area contributed by atoms with Gasteiger partial charge < -0.3 is 20.3 Å². The first-order chi connectivity index (χ1) is 6.61. The average Bonchev–Trinajstić information content (AvgIpc) is 2.19. The van der Waals surface area contributed by atoms with Crippen LogP contribution in [-0.4, -0.2) is 62.1 Å². The molecular formula is C8H18ClN5O. The minimum absolute atomic E-state index is 0. The minimum Gasteiger partial charge on any atom is -0.378 e. The predicted molar refractivity (Wildman–Crippen MR) is 62.7 cm³/mol. The van der Waals surface area contributed by atoms with Gasteiger partial charge in [0.15, 0.2) is 5.96 Å². The molecule has 88 valence electrons. The van der Waals surface area contributed by atoms with Crippen LogP contribution in [0.3, 0.4) is 0 Å². The van der Waals surface area contributed by atoms with Gasteiger partial charge in [-0.15, -0.1) is 12.4 Å². The lowest BCUT2D eigenvalue weighted by Crippen LogP contribution is -2.41. The topological polar surface area (TPSA) is 77.9 Å². The molecular weight excluding hydrogens is 218 g/mol. The maximum Gasteiger partial charge on any atom is 0.221 e. The summed E-state index contributed by atoms with van der Waals surface area (Å²) >= 11 is 0. The molecule has 0 amide bonds. The Morgan fingerprint density at radius 2 is 1.93 bits per heavy atom. The maximum atomic E-state index is 7.68. The Hall–Kier alpha value is -1.01. The monoisotopic (exact) mass is 235 g/mol. The maximum absolute atomic E-state index is 7.68. The second-order valence-electron chi connectivity index (χ2n) is 3.29. The Balaban J connectivity index is 0.00000196. The van der Waals surface area contributed by atoms with Crippen molar-refractivity contribution < 1.29 is 4.74 Å². The summed E-state index contributed by atoms with van der Waals surface area (Å²) in [6, 6.07) is 0. The average molecular weight is 236 g/mol. The molecule has 1 fully saturated rings. The number of nitrogens with one attached hydrogen (secondary N) is 1. The van der Waals surface area contributed by atoms with E-state index in [0.29, 0.717) is 32.3 Å². The van der Waals surface area contributed by atoms with Crippen LogP contribution in [0.2, 0.25) is 0 Å². The van der Waals surface area contributed by atoms with E-state index in [-0.39, 0.29) is 18.4 Å². The number of aliphatic imine (C=N–C) groups is 1. The van der Waals surface area contributed by atoms with Crippen LogP contribution in [0.1, 0.15) is 0 Å². The zero-order valence-electron chi connectivity index (χ0n) is 9.06. The zero-order valence-corrected chi connectivity index (χ0v) is 9.88. The van der Waals surface area contributed by atoms with Gasteiger partial charge in [-0.3, -0.25) is 5.41 Å². The molecule has 1 rings (SSSR count). The normalized spacial score (nSPS) is 16.9. The van der Waals surface area contributed by atoms with Crippen molar-refractivity contribution in [1.82, 2.24) is 9.80 Å². The molecule has 0 bridgehead atoms. The number of morpholine rings is 1. The van der Waals surface area contributed by atoms with Crippen molar-refractivity contribution in [1.29, 1.82) is 5.41 Å². The molecule has 0 aromatic rings. The fourth-order valence-electron chi connectivity index (χ4n) is 1.05. The molecule has 1 aliphatic heterocycles. The summed E-state index contributed by atoms with van der Waals surface area (Å²) in [5, 5.41) is 7.68. The molecule has 15 heavy (non-hydrogen) atoms. The first kappa shape index (κ1) is 14.0. The summed E-state index contributed by atoms with van der Waals surface area (Å²) in [5.41, 5.74) is 5.60. The third kappa shape index (κ3) is 4.35. The highest BCUT2D eigenvalue weighted by Crippen LogP contribution is 1.98. The molecule has 1 aliphatic rings. The molecule has 3 N–H and O–H groups in total. The number of hydrogen-bond acceptors (Lipinski definition) is 2. The lowest BCUT2D eigenvalue weighted by molar-refractivity contribution is 0.0672. The van der Waals surface area contributed by atoms with E-state index in [9.17, 15) is 0 Å². The number of guanidine groups is 2. The fourth-order valence-corrected chi connectivity index (χ4v) is 1.05. The van der Waals surface area contributed by atoms with Gasteiger partial charge >= 0.3 is 0 Å². The molecule has 7 heteroatoms. The molecule has 0 atom stereocenters. The summed E-state index contributed by atoms with van der Waals surface area (Å²) in [7, 11) is 3.59. The Kier molecular flexibility index (Phi) is 6.03. The van der Waals surface area contributed by atoms with Crippen molar-refractivity contribution >= 4 is 24.3 Å². The third-order valence-corrected chi connectivity index (χ3v) is 1.99. The first-order valence-electron chi connectivity index (χ1n) is 4.54. The molecule has 6 nitrogen and oxygen atoms in total. The van der Waals surface area contributed by atoms with Crippen LogP contribution in [0.5, 0.6) is 0 Å². The van der Waals surface area contributed by atoms with Crippen molar-refractivity contribution in [3.63, 3.8) is 0 Å². The largest absolute Gasteiger partial charge is 0.378 e. The van der Waals surface area contributed by atoms with Gasteiger partial charge in [0, 0.05) is 27.2 Å². The third-order valence-electron chi connectivity index (χ3n) is 1.99. The van der Waals surface area contributed by atoms with E-state index < -0.39 is 0 Å². The molecule has 0 aliphatic carbocycles. The van der Waals surface area contributed by atoms with Gasteiger partial charge in [-0.25, -0.2) is 0 Å². The lowest BCUT2D eigenvalue weighted by Gasteiger charge is -2.27. The number of nitrogens with zero attached hydrogens (tertiary/aromatic N) is 3. The van der Waals surface area contributed by atoms with Gasteiger partial charge in [-0.2, -0.15) is 4.99 Å². The summed E-state index contributed by atoms with van der Waals surface area (Å²) in [5.74, 6) is 0.556. The summed E-state index contributed by atoms with van der Waals surface area (Å²) in [6.07, 6.45) is 0. The van der Waals surface area contributed by atoms with E-state index in [4.69, 9.17) is 15.9 Å². The molecule has 0 saturated carbocycles. The van der Waals surface area contributed by atoms with Gasteiger partial charge in [0.25, 0.3) is 0 Å². The van der Waals surface area contributed by atoms with Crippen LogP contribution in [0.4, 0.5) is 0 Å². The van der Waals surface area contributed by atoms with Crippen LogP contribution >= 0.6 is 12.4 Å². The van der Waals surface area contributed by atoms with Gasteiger partial charge in [-0.05, 0) is 0 Å². The van der Waals surface area contributed by atoms with Crippen molar-refractivity contribution in [2.45, 2.75) is 0 Å². The Bertz CT molecular complexity index is 237. The van der Waals surface area contributed by atoms with Crippen molar-refractivity contribution in [2.24, 2.45) is 10.7 Å². The number of halogens is 1. The Morgan fingerprint density at radius 3 is 2.40 bits per heavy atom. The molecule has 0 aromatic carbocycles. The van der Waals surface area contributed by atoms with Crippen molar-refractivity contribution in [3.05, 3.63) is 0 Å². The zero-order chi connectivity index (χ0) is 10.6. The van der Waals surface area contributed by atoms with Gasteiger partial charge in [0.1, 0.15) is 0 Å². The SMILES string of the molecule is CN(C)/C(N)=N\C(=N)N1CCOCC1.Cl. The van der Waals surface area contributed by atoms with Crippen LogP contribution < -0.4 is 5.73 Å². The fraction of sp³-hybridized carbons (Fsp3) is 0.750. The quantitative estimate of drug-likeness (QED) is 0.441. The highest BCUT2D eigenvalue weighted by Gasteiger charge is 2.13. The minimum atomic E-state index is 0. The second-order valence-corrected chi connectivity index (χ2v) is 3.29. The van der Waals surface area contributed by atoms with Crippen LogP contribution in [0.15, 0.2) is 4.99 Å². The van der Waals surface area contributed by atoms with Crippen molar-refractivity contribution in [3.8, 4) is 0 Å². The number of nitrogens with two attached hydrogens (primary N) is 1. The Labute approximate surface area is 96.0 Å². The molecule has 0 radical (unpaired) electrons. The van der Waals surface area contributed by atoms with E-state index in [1.807, 2.05) is 4.90 Å². The van der Waals surface area contributed by atoms with E-state index in [0.717, 1.165) is 0 Å². The van der Waals surface area contributed by atoms with E-state index in [1.54, 1.807) is 19.0 Å². The van der Waals surface area contributed by atoms with Crippen LogP contribution in [0.25, 0.3) is 0 Å². The van der Waals surface area contributed by atoms with Crippen LogP contribution in [-0.2, 0) is 4.74 Å². The highest BCUT2D eigenvalue weighted by atomic mass is 35.5. The first-order valence-corrected chi connectivity index (χ1v) is 4.54. The van der Waals surface area contributed by atoms with Gasteiger partial charge in [0.05, 0.1) is 13.2 Å². The molecule has 1 heterocycles. The molecule has 1 saturated heterocycles. The summed E-state index contributed by atoms with van der Waals surface area (Å²) < 4.78 is 5.17. The van der Waals surface area contributed by atoms with E-state index >= 15 is 0 Å². The summed E-state index contributed by atoms with van der Waals surface area (Å²) in [6.45, 7) is 2.73. The second kappa shape index (κ2) is 6.47. The van der Waals surface area contributed by atoms with Crippen LogP contribution in [0, 0.1) is 5.41 Å². The number of rotatable bonds is 0. The van der Waals surface area contributed by atoms with Crippen molar-refractivity contribution in [2.75, 3.05) is 40.4 Å². The molecule has 0 spiro atoms. The predicted octanol–water partition coefficient (Wildman–Crippen LogP) is -0.449. The number of hydrogen-bond donors (Lipinski definition) is 2. The van der Waals surface area contributed by atoms with Gasteiger partial charge in [-0.1, -0.05) is 0 Å². The number of ether oxygens (including phenoxy) is 1. The smallest absolute Gasteiger partial charge is 0.221 e. The van der Waals surface area contributed by atoms with E-state index in [1.165, 1.54) is 0 Å². The van der Waals surface area contributed by atoms with Gasteiger partial charge in [0.2, 0.25) is 5.96 Å². The highest BCUT2D eigenvalue weighted by molar-refractivity contribution is 5.92. The molecule has 0 aromatic heterocycles. The van der Waals surface area contributed by atoms with E-state index in [2.05, 4.69) is 4.99 Å². The molecule has 0 unspecified atom stereocenters. The summed E-state index contributed by atoms with van der Waals surface area (Å²) in [4.78, 5) is 7.50. The standard InChI is InChI=1S/C8H17N5O.ClH/c1-12(2)7(9)11-8(10)13-3-5-14-6-4-13;/h3-6H2,1-2H3,(H3,9,10,11);1H. The lowest BCUT2D eigenvalue weighted by atomic mass is 10.4.